The normalized spacial score (nSPS) is 10.9. The molecular formula is C15H22N4O4. The van der Waals surface area contributed by atoms with Crippen LogP contribution in [-0.4, -0.2) is 34.5 Å². The van der Waals surface area contributed by atoms with Crippen molar-refractivity contribution in [3.8, 4) is 0 Å². The Morgan fingerprint density at radius 1 is 1.22 bits per heavy atom. The van der Waals surface area contributed by atoms with Crippen LogP contribution in [0.2, 0.25) is 0 Å². The van der Waals surface area contributed by atoms with Crippen LogP contribution >= 0.6 is 0 Å². The van der Waals surface area contributed by atoms with E-state index in [0.29, 0.717) is 18.4 Å². The molecule has 8 heteroatoms. The van der Waals surface area contributed by atoms with Crippen LogP contribution in [0.15, 0.2) is 18.3 Å². The molecule has 1 heterocycles. The summed E-state index contributed by atoms with van der Waals surface area (Å²) in [5.41, 5.74) is 4.98. The summed E-state index contributed by atoms with van der Waals surface area (Å²) in [6.45, 7) is 3.82. The minimum absolute atomic E-state index is 0.0556. The van der Waals surface area contributed by atoms with Crippen molar-refractivity contribution in [1.29, 1.82) is 0 Å². The first-order valence-electron chi connectivity index (χ1n) is 7.34. The summed E-state index contributed by atoms with van der Waals surface area (Å²) in [6.07, 6.45) is 2.30. The highest BCUT2D eigenvalue weighted by Crippen LogP contribution is 2.25. The number of hydrogen-bond donors (Lipinski definition) is 4. The molecule has 1 aromatic rings. The molecule has 0 fully saturated rings. The fourth-order valence-electron chi connectivity index (χ4n) is 2.05. The van der Waals surface area contributed by atoms with E-state index in [1.54, 1.807) is 19.9 Å². The number of urea groups is 1. The van der Waals surface area contributed by atoms with Gasteiger partial charge in [-0.05, 0) is 24.5 Å². The topological polar surface area (TPSA) is 134 Å². The van der Waals surface area contributed by atoms with Gasteiger partial charge in [-0.2, -0.15) is 0 Å². The smallest absolute Gasteiger partial charge is 0.315 e. The molecule has 3 amide bonds. The SMILES string of the molecule is CCC(CC)(CNC(=O)NCc1ccc(C(N)=O)nc1)C(=O)O. The fraction of sp³-hybridized carbons (Fsp3) is 0.467. The second kappa shape index (κ2) is 8.11. The zero-order valence-electron chi connectivity index (χ0n) is 13.3. The quantitative estimate of drug-likeness (QED) is 0.563. The Balaban J connectivity index is 2.51. The first-order valence-corrected chi connectivity index (χ1v) is 7.34. The average Bonchev–Trinajstić information content (AvgIpc) is 2.54. The molecule has 0 aliphatic rings. The van der Waals surface area contributed by atoms with Gasteiger partial charge in [-0.3, -0.25) is 14.6 Å². The second-order valence-electron chi connectivity index (χ2n) is 5.24. The van der Waals surface area contributed by atoms with E-state index in [0.717, 1.165) is 0 Å². The molecule has 8 nitrogen and oxygen atoms in total. The molecule has 0 atom stereocenters. The number of carboxylic acids is 1. The molecular weight excluding hydrogens is 300 g/mol. The molecule has 0 bridgehead atoms. The lowest BCUT2D eigenvalue weighted by atomic mass is 9.82. The molecule has 1 rings (SSSR count). The van der Waals surface area contributed by atoms with Crippen molar-refractivity contribution in [1.82, 2.24) is 15.6 Å². The molecule has 23 heavy (non-hydrogen) atoms. The number of nitrogens with two attached hydrogens (primary N) is 1. The van der Waals surface area contributed by atoms with Gasteiger partial charge < -0.3 is 21.5 Å². The molecule has 1 aromatic heterocycles. The summed E-state index contributed by atoms with van der Waals surface area (Å²) in [5, 5.41) is 14.5. The predicted molar refractivity (Wildman–Crippen MR) is 83.6 cm³/mol. The lowest BCUT2D eigenvalue weighted by molar-refractivity contribution is -0.149. The summed E-state index contributed by atoms with van der Waals surface area (Å²) >= 11 is 0. The van der Waals surface area contributed by atoms with Crippen molar-refractivity contribution < 1.29 is 19.5 Å². The van der Waals surface area contributed by atoms with Crippen LogP contribution in [0.25, 0.3) is 0 Å². The maximum Gasteiger partial charge on any atom is 0.315 e. The minimum atomic E-state index is -0.956. The third-order valence-corrected chi connectivity index (χ3v) is 3.92. The molecule has 0 aliphatic carbocycles. The molecule has 5 N–H and O–H groups in total. The number of aliphatic carboxylic acids is 1. The number of hydrogen-bond acceptors (Lipinski definition) is 4. The summed E-state index contributed by atoms with van der Waals surface area (Å²) < 4.78 is 0. The summed E-state index contributed by atoms with van der Waals surface area (Å²) in [4.78, 5) is 37.9. The van der Waals surface area contributed by atoms with E-state index in [1.807, 2.05) is 0 Å². The van der Waals surface area contributed by atoms with Gasteiger partial charge >= 0.3 is 12.0 Å². The van der Waals surface area contributed by atoms with Gasteiger partial charge in [0.2, 0.25) is 0 Å². The molecule has 0 unspecified atom stereocenters. The first-order chi connectivity index (χ1) is 10.8. The number of carbonyl (C=O) groups is 3. The molecule has 0 radical (unpaired) electrons. The Hall–Kier alpha value is -2.64. The zero-order valence-corrected chi connectivity index (χ0v) is 13.3. The molecule has 0 spiro atoms. The lowest BCUT2D eigenvalue weighted by Gasteiger charge is -2.26. The zero-order chi connectivity index (χ0) is 17.5. The highest BCUT2D eigenvalue weighted by molar-refractivity contribution is 5.90. The third kappa shape index (κ3) is 4.94. The Bertz CT molecular complexity index is 567. The van der Waals surface area contributed by atoms with E-state index >= 15 is 0 Å². The van der Waals surface area contributed by atoms with Gasteiger partial charge in [0.15, 0.2) is 0 Å². The summed E-state index contributed by atoms with van der Waals surface area (Å²) in [7, 11) is 0. The number of aromatic nitrogens is 1. The number of nitrogens with one attached hydrogen (secondary N) is 2. The molecule has 0 saturated heterocycles. The number of nitrogens with zero attached hydrogens (tertiary/aromatic N) is 1. The van der Waals surface area contributed by atoms with Crippen LogP contribution in [0.3, 0.4) is 0 Å². The van der Waals surface area contributed by atoms with Gasteiger partial charge in [-0.1, -0.05) is 19.9 Å². The fourth-order valence-corrected chi connectivity index (χ4v) is 2.05. The Kier molecular flexibility index (Phi) is 6.49. The molecule has 0 aromatic carbocycles. The highest BCUT2D eigenvalue weighted by atomic mass is 16.4. The molecule has 126 valence electrons. The van der Waals surface area contributed by atoms with Crippen molar-refractivity contribution in [3.05, 3.63) is 29.6 Å². The van der Waals surface area contributed by atoms with E-state index < -0.39 is 23.3 Å². The largest absolute Gasteiger partial charge is 0.481 e. The highest BCUT2D eigenvalue weighted by Gasteiger charge is 2.35. The number of primary amides is 1. The Morgan fingerprint density at radius 2 is 1.87 bits per heavy atom. The van der Waals surface area contributed by atoms with Gasteiger partial charge in [0.1, 0.15) is 5.69 Å². The number of amides is 3. The Morgan fingerprint density at radius 3 is 2.30 bits per heavy atom. The van der Waals surface area contributed by atoms with Crippen molar-refractivity contribution in [2.75, 3.05) is 6.54 Å². The van der Waals surface area contributed by atoms with E-state index in [2.05, 4.69) is 15.6 Å². The van der Waals surface area contributed by atoms with E-state index in [-0.39, 0.29) is 18.8 Å². The van der Waals surface area contributed by atoms with Crippen LogP contribution in [0, 0.1) is 5.41 Å². The third-order valence-electron chi connectivity index (χ3n) is 3.92. The van der Waals surface area contributed by atoms with Crippen LogP contribution in [0.1, 0.15) is 42.7 Å². The number of carbonyl (C=O) groups excluding carboxylic acids is 2. The number of rotatable bonds is 8. The van der Waals surface area contributed by atoms with Crippen molar-refractivity contribution in [2.24, 2.45) is 11.1 Å². The van der Waals surface area contributed by atoms with E-state index in [9.17, 15) is 19.5 Å². The molecule has 0 aliphatic heterocycles. The standard InChI is InChI=1S/C15H22N4O4/c1-3-15(4-2,13(21)22)9-19-14(23)18-8-10-5-6-11(12(16)20)17-7-10/h5-7H,3-4,8-9H2,1-2H3,(H2,16,20)(H,21,22)(H2,18,19,23). The molecule has 0 saturated carbocycles. The van der Waals surface area contributed by atoms with Gasteiger partial charge in [-0.15, -0.1) is 0 Å². The van der Waals surface area contributed by atoms with Crippen molar-refractivity contribution >= 4 is 17.9 Å². The monoisotopic (exact) mass is 322 g/mol. The van der Waals surface area contributed by atoms with Gasteiger partial charge in [-0.25, -0.2) is 4.79 Å². The minimum Gasteiger partial charge on any atom is -0.481 e. The Labute approximate surface area is 134 Å². The van der Waals surface area contributed by atoms with E-state index in [1.165, 1.54) is 12.3 Å². The second-order valence-corrected chi connectivity index (χ2v) is 5.24. The summed E-state index contributed by atoms with van der Waals surface area (Å²) in [6, 6.07) is 2.64. The maximum absolute atomic E-state index is 11.8. The number of pyridine rings is 1. The number of carboxylic acid groups (broad SMARTS) is 1. The van der Waals surface area contributed by atoms with Gasteiger partial charge in [0.25, 0.3) is 5.91 Å². The van der Waals surface area contributed by atoms with E-state index in [4.69, 9.17) is 5.73 Å². The van der Waals surface area contributed by atoms with Crippen LogP contribution in [0.4, 0.5) is 4.79 Å². The maximum atomic E-state index is 11.8. The van der Waals surface area contributed by atoms with Crippen molar-refractivity contribution in [3.63, 3.8) is 0 Å². The van der Waals surface area contributed by atoms with Crippen LogP contribution < -0.4 is 16.4 Å². The van der Waals surface area contributed by atoms with Gasteiger partial charge in [0, 0.05) is 19.3 Å². The summed E-state index contributed by atoms with van der Waals surface area (Å²) in [5.74, 6) is -1.54. The lowest BCUT2D eigenvalue weighted by Crippen LogP contribution is -2.45. The first kappa shape index (κ1) is 18.4. The van der Waals surface area contributed by atoms with Gasteiger partial charge in [0.05, 0.1) is 5.41 Å². The van der Waals surface area contributed by atoms with Crippen LogP contribution in [-0.2, 0) is 11.3 Å². The van der Waals surface area contributed by atoms with Crippen molar-refractivity contribution in [2.45, 2.75) is 33.2 Å². The predicted octanol–water partition coefficient (Wildman–Crippen LogP) is 0.871. The van der Waals surface area contributed by atoms with Crippen LogP contribution in [0.5, 0.6) is 0 Å². The average molecular weight is 322 g/mol.